The molecule has 0 fully saturated rings. The second-order valence-corrected chi connectivity index (χ2v) is 5.34. The van der Waals surface area contributed by atoms with Crippen LogP contribution >= 0.6 is 11.6 Å². The fourth-order valence-electron chi connectivity index (χ4n) is 2.67. The van der Waals surface area contributed by atoms with E-state index in [0.29, 0.717) is 5.02 Å². The fourth-order valence-corrected chi connectivity index (χ4v) is 2.90. The number of nitrogens with one attached hydrogen (secondary N) is 1. The molecule has 3 heteroatoms. The van der Waals surface area contributed by atoms with Crippen molar-refractivity contribution in [2.24, 2.45) is 0 Å². The van der Waals surface area contributed by atoms with Crippen molar-refractivity contribution < 1.29 is 0 Å². The first-order valence-electron chi connectivity index (χ1n) is 7.12. The van der Waals surface area contributed by atoms with Gasteiger partial charge in [0.2, 0.25) is 0 Å². The maximum atomic E-state index is 6.35. The number of aromatic nitrogens is 1. The SMILES string of the molecule is CCNC(c1ncccc1Cl)c1cccc2ccccc12. The van der Waals surface area contributed by atoms with Gasteiger partial charge in [-0.05, 0) is 35.0 Å². The second-order valence-electron chi connectivity index (χ2n) is 4.93. The number of nitrogens with zero attached hydrogens (tertiary/aromatic N) is 1. The molecule has 0 saturated carbocycles. The van der Waals surface area contributed by atoms with E-state index in [0.717, 1.165) is 12.2 Å². The Morgan fingerprint density at radius 1 is 1.05 bits per heavy atom. The average Bonchev–Trinajstić information content (AvgIpc) is 2.53. The summed E-state index contributed by atoms with van der Waals surface area (Å²) in [7, 11) is 0. The highest BCUT2D eigenvalue weighted by molar-refractivity contribution is 6.31. The minimum absolute atomic E-state index is 0.00481. The van der Waals surface area contributed by atoms with E-state index < -0.39 is 0 Å². The highest BCUT2D eigenvalue weighted by atomic mass is 35.5. The van der Waals surface area contributed by atoms with E-state index in [1.54, 1.807) is 6.20 Å². The van der Waals surface area contributed by atoms with Crippen molar-refractivity contribution in [1.82, 2.24) is 10.3 Å². The van der Waals surface area contributed by atoms with Gasteiger partial charge in [-0.15, -0.1) is 0 Å². The normalized spacial score (nSPS) is 12.5. The summed E-state index contributed by atoms with van der Waals surface area (Å²) in [5.74, 6) is 0. The van der Waals surface area contributed by atoms with E-state index >= 15 is 0 Å². The fraction of sp³-hybridized carbons (Fsp3) is 0.167. The lowest BCUT2D eigenvalue weighted by atomic mass is 9.96. The Hall–Kier alpha value is -1.90. The molecular weight excluding hydrogens is 280 g/mol. The number of hydrogen-bond donors (Lipinski definition) is 1. The van der Waals surface area contributed by atoms with Crippen LogP contribution in [-0.4, -0.2) is 11.5 Å². The summed E-state index contributed by atoms with van der Waals surface area (Å²) in [6.07, 6.45) is 1.79. The molecule has 0 aliphatic carbocycles. The Bertz CT molecular complexity index is 750. The van der Waals surface area contributed by atoms with Gasteiger partial charge in [0.15, 0.2) is 0 Å². The van der Waals surface area contributed by atoms with Gasteiger partial charge < -0.3 is 5.32 Å². The van der Waals surface area contributed by atoms with Crippen molar-refractivity contribution in [3.63, 3.8) is 0 Å². The lowest BCUT2D eigenvalue weighted by Gasteiger charge is -2.20. The summed E-state index contributed by atoms with van der Waals surface area (Å²) < 4.78 is 0. The van der Waals surface area contributed by atoms with Gasteiger partial charge in [-0.2, -0.15) is 0 Å². The van der Waals surface area contributed by atoms with Crippen molar-refractivity contribution >= 4 is 22.4 Å². The maximum Gasteiger partial charge on any atom is 0.0804 e. The summed E-state index contributed by atoms with van der Waals surface area (Å²) in [4.78, 5) is 4.49. The summed E-state index contributed by atoms with van der Waals surface area (Å²) in [6.45, 7) is 2.94. The van der Waals surface area contributed by atoms with Crippen LogP contribution in [0.15, 0.2) is 60.8 Å². The standard InChI is InChI=1S/C18H17ClN2/c1-2-20-17(18-16(19)11-6-12-21-18)15-10-5-8-13-7-3-4-9-14(13)15/h3-12,17,20H,2H2,1H3. The maximum absolute atomic E-state index is 6.35. The number of fused-ring (bicyclic) bond motifs is 1. The molecular formula is C18H17ClN2. The zero-order valence-corrected chi connectivity index (χ0v) is 12.6. The van der Waals surface area contributed by atoms with E-state index in [9.17, 15) is 0 Å². The van der Waals surface area contributed by atoms with Crippen LogP contribution in [0.3, 0.4) is 0 Å². The third-order valence-corrected chi connectivity index (χ3v) is 3.92. The minimum atomic E-state index is -0.00481. The predicted molar refractivity (Wildman–Crippen MR) is 88.7 cm³/mol. The Morgan fingerprint density at radius 2 is 1.86 bits per heavy atom. The third-order valence-electron chi connectivity index (χ3n) is 3.60. The van der Waals surface area contributed by atoms with E-state index in [-0.39, 0.29) is 6.04 Å². The van der Waals surface area contributed by atoms with E-state index in [4.69, 9.17) is 11.6 Å². The average molecular weight is 297 g/mol. The molecule has 1 aromatic heterocycles. The molecule has 0 radical (unpaired) electrons. The predicted octanol–water partition coefficient (Wildman–Crippen LogP) is 4.59. The summed E-state index contributed by atoms with van der Waals surface area (Å²) >= 11 is 6.35. The molecule has 0 saturated heterocycles. The molecule has 106 valence electrons. The van der Waals surface area contributed by atoms with Crippen LogP contribution in [0.2, 0.25) is 5.02 Å². The smallest absolute Gasteiger partial charge is 0.0804 e. The van der Waals surface area contributed by atoms with Gasteiger partial charge in [0.1, 0.15) is 0 Å². The molecule has 0 amide bonds. The Balaban J connectivity index is 2.19. The Labute approximate surface area is 129 Å². The van der Waals surface area contributed by atoms with Crippen LogP contribution in [0.25, 0.3) is 10.8 Å². The Kier molecular flexibility index (Phi) is 4.18. The summed E-state index contributed by atoms with van der Waals surface area (Å²) in [5, 5.41) is 6.65. The van der Waals surface area contributed by atoms with Crippen molar-refractivity contribution in [2.45, 2.75) is 13.0 Å². The summed E-state index contributed by atoms with van der Waals surface area (Å²) in [5.41, 5.74) is 2.08. The lowest BCUT2D eigenvalue weighted by molar-refractivity contribution is 0.619. The van der Waals surface area contributed by atoms with E-state index in [2.05, 4.69) is 59.7 Å². The molecule has 1 atom stereocenters. The molecule has 21 heavy (non-hydrogen) atoms. The van der Waals surface area contributed by atoms with Crippen molar-refractivity contribution in [3.8, 4) is 0 Å². The number of halogens is 1. The molecule has 1 N–H and O–H groups in total. The third kappa shape index (κ3) is 2.78. The van der Waals surface area contributed by atoms with Gasteiger partial charge in [-0.1, -0.05) is 61.0 Å². The molecule has 0 aliphatic rings. The number of rotatable bonds is 4. The second kappa shape index (κ2) is 6.25. The first kappa shape index (κ1) is 14.1. The number of pyridine rings is 1. The quantitative estimate of drug-likeness (QED) is 0.762. The molecule has 1 heterocycles. The van der Waals surface area contributed by atoms with Crippen LogP contribution in [0.4, 0.5) is 0 Å². The van der Waals surface area contributed by atoms with Gasteiger partial charge in [-0.25, -0.2) is 0 Å². The largest absolute Gasteiger partial charge is 0.305 e. The van der Waals surface area contributed by atoms with Crippen molar-refractivity contribution in [3.05, 3.63) is 77.1 Å². The van der Waals surface area contributed by atoms with E-state index in [1.807, 2.05) is 12.1 Å². The molecule has 0 bridgehead atoms. The van der Waals surface area contributed by atoms with Crippen LogP contribution < -0.4 is 5.32 Å². The molecule has 3 aromatic rings. The van der Waals surface area contributed by atoms with Gasteiger partial charge in [0.05, 0.1) is 16.8 Å². The number of benzene rings is 2. The van der Waals surface area contributed by atoms with Crippen molar-refractivity contribution in [1.29, 1.82) is 0 Å². The van der Waals surface area contributed by atoms with Crippen LogP contribution in [0.1, 0.15) is 24.2 Å². The van der Waals surface area contributed by atoms with Gasteiger partial charge in [0, 0.05) is 6.20 Å². The molecule has 2 aromatic carbocycles. The summed E-state index contributed by atoms with van der Waals surface area (Å²) in [6, 6.07) is 18.5. The zero-order valence-electron chi connectivity index (χ0n) is 11.9. The molecule has 3 rings (SSSR count). The van der Waals surface area contributed by atoms with Gasteiger partial charge >= 0.3 is 0 Å². The molecule has 0 aliphatic heterocycles. The van der Waals surface area contributed by atoms with Crippen molar-refractivity contribution in [2.75, 3.05) is 6.54 Å². The minimum Gasteiger partial charge on any atom is -0.305 e. The van der Waals surface area contributed by atoms with Gasteiger partial charge in [0.25, 0.3) is 0 Å². The van der Waals surface area contributed by atoms with Crippen LogP contribution in [-0.2, 0) is 0 Å². The van der Waals surface area contributed by atoms with Crippen LogP contribution in [0.5, 0.6) is 0 Å². The monoisotopic (exact) mass is 296 g/mol. The van der Waals surface area contributed by atoms with Gasteiger partial charge in [-0.3, -0.25) is 4.98 Å². The van der Waals surface area contributed by atoms with Crippen LogP contribution in [0, 0.1) is 0 Å². The molecule has 2 nitrogen and oxygen atoms in total. The molecule has 0 spiro atoms. The lowest BCUT2D eigenvalue weighted by Crippen LogP contribution is -2.23. The Morgan fingerprint density at radius 3 is 2.67 bits per heavy atom. The highest BCUT2D eigenvalue weighted by Crippen LogP contribution is 2.31. The first-order chi connectivity index (χ1) is 10.3. The topological polar surface area (TPSA) is 24.9 Å². The molecule has 1 unspecified atom stereocenters. The first-order valence-corrected chi connectivity index (χ1v) is 7.50. The highest BCUT2D eigenvalue weighted by Gasteiger charge is 2.19. The number of hydrogen-bond acceptors (Lipinski definition) is 2. The van der Waals surface area contributed by atoms with E-state index in [1.165, 1.54) is 16.3 Å². The zero-order chi connectivity index (χ0) is 14.7.